The molecular formula is C12H21N3O5. The molecule has 1 saturated heterocycles. The van der Waals surface area contributed by atoms with Crippen molar-refractivity contribution in [3.63, 3.8) is 0 Å². The Hall–Kier alpha value is -1.83. The van der Waals surface area contributed by atoms with E-state index in [2.05, 4.69) is 5.32 Å². The number of carbonyl (C=O) groups is 3. The van der Waals surface area contributed by atoms with Crippen LogP contribution in [-0.4, -0.2) is 76.2 Å². The highest BCUT2D eigenvalue weighted by molar-refractivity contribution is 5.79. The Morgan fingerprint density at radius 2 is 1.70 bits per heavy atom. The fourth-order valence-electron chi connectivity index (χ4n) is 1.87. The predicted octanol–water partition coefficient (Wildman–Crippen LogP) is -0.914. The van der Waals surface area contributed by atoms with Crippen LogP contribution in [0.15, 0.2) is 0 Å². The first-order valence-corrected chi connectivity index (χ1v) is 6.48. The van der Waals surface area contributed by atoms with Crippen LogP contribution in [-0.2, 0) is 9.59 Å². The van der Waals surface area contributed by atoms with Crippen LogP contribution in [0.1, 0.15) is 20.3 Å². The molecule has 0 bridgehead atoms. The van der Waals surface area contributed by atoms with Crippen LogP contribution in [0.5, 0.6) is 0 Å². The molecule has 1 fully saturated rings. The minimum absolute atomic E-state index is 0.0268. The Morgan fingerprint density at radius 1 is 1.15 bits per heavy atom. The quantitative estimate of drug-likeness (QED) is 0.622. The molecule has 20 heavy (non-hydrogen) atoms. The minimum atomic E-state index is -1.99. The van der Waals surface area contributed by atoms with Crippen LogP contribution < -0.4 is 5.32 Å². The number of aliphatic carboxylic acids is 1. The van der Waals surface area contributed by atoms with Crippen molar-refractivity contribution in [3.8, 4) is 0 Å². The molecule has 0 spiro atoms. The van der Waals surface area contributed by atoms with Crippen LogP contribution in [0, 0.1) is 0 Å². The summed E-state index contributed by atoms with van der Waals surface area (Å²) in [6, 6.07) is -0.433. The summed E-state index contributed by atoms with van der Waals surface area (Å²) in [5, 5.41) is 20.7. The number of amides is 3. The Balaban J connectivity index is 2.48. The lowest BCUT2D eigenvalue weighted by Crippen LogP contribution is -2.50. The molecule has 3 N–H and O–H groups in total. The van der Waals surface area contributed by atoms with Crippen molar-refractivity contribution in [1.29, 1.82) is 0 Å². The van der Waals surface area contributed by atoms with Crippen molar-refractivity contribution >= 4 is 17.9 Å². The summed E-state index contributed by atoms with van der Waals surface area (Å²) in [6.07, 6.45) is 0.669. The minimum Gasteiger partial charge on any atom is -0.479 e. The fourth-order valence-corrected chi connectivity index (χ4v) is 1.87. The van der Waals surface area contributed by atoms with Gasteiger partial charge in [0.1, 0.15) is 0 Å². The topological polar surface area (TPSA) is 110 Å². The van der Waals surface area contributed by atoms with Crippen molar-refractivity contribution in [2.75, 3.05) is 32.7 Å². The molecule has 0 aromatic heterocycles. The van der Waals surface area contributed by atoms with Gasteiger partial charge in [0.2, 0.25) is 5.91 Å². The summed E-state index contributed by atoms with van der Waals surface area (Å²) in [7, 11) is 0. The van der Waals surface area contributed by atoms with Crippen LogP contribution in [0.25, 0.3) is 0 Å². The molecule has 8 heteroatoms. The van der Waals surface area contributed by atoms with Gasteiger partial charge in [-0.3, -0.25) is 4.79 Å². The largest absolute Gasteiger partial charge is 0.479 e. The molecule has 1 unspecified atom stereocenters. The van der Waals surface area contributed by atoms with Crippen LogP contribution in [0.2, 0.25) is 0 Å². The van der Waals surface area contributed by atoms with Gasteiger partial charge in [-0.25, -0.2) is 9.59 Å². The highest BCUT2D eigenvalue weighted by atomic mass is 16.4. The SMILES string of the molecule is CC(=O)N1CCCN(C(=O)NCC(C)(O)C(=O)O)CC1. The summed E-state index contributed by atoms with van der Waals surface area (Å²) in [4.78, 5) is 37.1. The van der Waals surface area contributed by atoms with Gasteiger partial charge in [0.25, 0.3) is 0 Å². The average Bonchev–Trinajstić information content (AvgIpc) is 2.61. The Labute approximate surface area is 117 Å². The zero-order valence-corrected chi connectivity index (χ0v) is 11.8. The lowest BCUT2D eigenvalue weighted by Gasteiger charge is -2.24. The van der Waals surface area contributed by atoms with Crippen LogP contribution in [0.3, 0.4) is 0 Å². The number of nitrogens with zero attached hydrogens (tertiary/aromatic N) is 2. The maximum absolute atomic E-state index is 11.9. The Kier molecular flexibility index (Phi) is 5.32. The highest BCUT2D eigenvalue weighted by Gasteiger charge is 2.31. The number of nitrogens with one attached hydrogen (secondary N) is 1. The maximum Gasteiger partial charge on any atom is 0.337 e. The summed E-state index contributed by atoms with van der Waals surface area (Å²) >= 11 is 0. The van der Waals surface area contributed by atoms with E-state index in [1.54, 1.807) is 4.90 Å². The number of aliphatic hydroxyl groups is 1. The van der Waals surface area contributed by atoms with Crippen molar-refractivity contribution in [3.05, 3.63) is 0 Å². The van der Waals surface area contributed by atoms with Crippen molar-refractivity contribution in [2.24, 2.45) is 0 Å². The number of carboxylic acids is 1. The standard InChI is InChI=1S/C12H21N3O5/c1-9(16)14-4-3-5-15(7-6-14)11(19)13-8-12(2,20)10(17)18/h20H,3-8H2,1-2H3,(H,13,19)(H,17,18). The number of hydrogen-bond acceptors (Lipinski definition) is 4. The van der Waals surface area contributed by atoms with Gasteiger partial charge < -0.3 is 25.3 Å². The first-order valence-electron chi connectivity index (χ1n) is 6.48. The summed E-state index contributed by atoms with van der Waals surface area (Å²) < 4.78 is 0. The summed E-state index contributed by atoms with van der Waals surface area (Å²) in [6.45, 7) is 4.18. The first-order chi connectivity index (χ1) is 9.24. The molecule has 1 atom stereocenters. The van der Waals surface area contributed by atoms with E-state index in [4.69, 9.17) is 5.11 Å². The molecule has 8 nitrogen and oxygen atoms in total. The zero-order valence-electron chi connectivity index (χ0n) is 11.8. The normalized spacial score (nSPS) is 18.9. The van der Waals surface area contributed by atoms with E-state index in [-0.39, 0.29) is 12.5 Å². The predicted molar refractivity (Wildman–Crippen MR) is 70.1 cm³/mol. The molecule has 114 valence electrons. The molecule has 0 aliphatic carbocycles. The molecule has 1 aliphatic heterocycles. The van der Waals surface area contributed by atoms with Gasteiger partial charge in [0.05, 0.1) is 6.54 Å². The van der Waals surface area contributed by atoms with Crippen LogP contribution >= 0.6 is 0 Å². The van der Waals surface area contributed by atoms with Crippen molar-refractivity contribution in [2.45, 2.75) is 25.9 Å². The molecule has 1 aliphatic rings. The molecule has 0 radical (unpaired) electrons. The molecule has 0 saturated carbocycles. The van der Waals surface area contributed by atoms with E-state index in [0.29, 0.717) is 32.6 Å². The van der Waals surface area contributed by atoms with Gasteiger partial charge in [-0.15, -0.1) is 0 Å². The number of carboxylic acid groups (broad SMARTS) is 1. The number of hydrogen-bond donors (Lipinski definition) is 3. The van der Waals surface area contributed by atoms with E-state index in [1.807, 2.05) is 0 Å². The zero-order chi connectivity index (χ0) is 15.3. The lowest BCUT2D eigenvalue weighted by molar-refractivity contribution is -0.155. The van der Waals surface area contributed by atoms with Gasteiger partial charge in [-0.1, -0.05) is 0 Å². The maximum atomic E-state index is 11.9. The van der Waals surface area contributed by atoms with Gasteiger partial charge in [-0.05, 0) is 13.3 Å². The smallest absolute Gasteiger partial charge is 0.337 e. The third-order valence-electron chi connectivity index (χ3n) is 3.27. The molecule has 0 aromatic rings. The van der Waals surface area contributed by atoms with E-state index < -0.39 is 17.6 Å². The third-order valence-corrected chi connectivity index (χ3v) is 3.27. The first kappa shape index (κ1) is 16.2. The van der Waals surface area contributed by atoms with Crippen molar-refractivity contribution in [1.82, 2.24) is 15.1 Å². The molecule has 1 heterocycles. The molecule has 3 amide bonds. The number of rotatable bonds is 3. The van der Waals surface area contributed by atoms with E-state index in [0.717, 1.165) is 6.92 Å². The summed E-state index contributed by atoms with van der Waals surface area (Å²) in [5.41, 5.74) is -1.99. The second-order valence-electron chi connectivity index (χ2n) is 5.08. The second-order valence-corrected chi connectivity index (χ2v) is 5.08. The molecular weight excluding hydrogens is 266 g/mol. The Bertz CT molecular complexity index is 397. The third kappa shape index (κ3) is 4.37. The van der Waals surface area contributed by atoms with E-state index >= 15 is 0 Å². The molecule has 0 aromatic carbocycles. The highest BCUT2D eigenvalue weighted by Crippen LogP contribution is 2.05. The number of carbonyl (C=O) groups excluding carboxylic acids is 2. The second kappa shape index (κ2) is 6.56. The van der Waals surface area contributed by atoms with Crippen molar-refractivity contribution < 1.29 is 24.6 Å². The number of urea groups is 1. The van der Waals surface area contributed by atoms with Gasteiger partial charge in [0, 0.05) is 33.1 Å². The fraction of sp³-hybridized carbons (Fsp3) is 0.750. The van der Waals surface area contributed by atoms with Gasteiger partial charge >= 0.3 is 12.0 Å². The lowest BCUT2D eigenvalue weighted by atomic mass is 10.1. The average molecular weight is 287 g/mol. The summed E-state index contributed by atoms with van der Waals surface area (Å²) in [5.74, 6) is -1.42. The van der Waals surface area contributed by atoms with E-state index in [9.17, 15) is 19.5 Å². The Morgan fingerprint density at radius 3 is 2.25 bits per heavy atom. The monoisotopic (exact) mass is 287 g/mol. The van der Waals surface area contributed by atoms with Crippen LogP contribution in [0.4, 0.5) is 4.79 Å². The molecule has 1 rings (SSSR count). The van der Waals surface area contributed by atoms with E-state index in [1.165, 1.54) is 11.8 Å². The van der Waals surface area contributed by atoms with Gasteiger partial charge in [-0.2, -0.15) is 0 Å². The van der Waals surface area contributed by atoms with Gasteiger partial charge in [0.15, 0.2) is 5.60 Å².